The maximum Gasteiger partial charge on any atom is 0.231 e. The summed E-state index contributed by atoms with van der Waals surface area (Å²) in [5.41, 5.74) is 2.09. The number of anilines is 1. The Labute approximate surface area is 128 Å². The van der Waals surface area contributed by atoms with Crippen molar-refractivity contribution < 1.29 is 13.9 Å². The Morgan fingerprint density at radius 2 is 1.73 bits per heavy atom. The van der Waals surface area contributed by atoms with E-state index in [1.807, 2.05) is 48.5 Å². The zero-order valence-corrected chi connectivity index (χ0v) is 11.9. The van der Waals surface area contributed by atoms with Crippen molar-refractivity contribution in [2.45, 2.75) is 6.04 Å². The molecule has 3 aromatic rings. The number of ether oxygens (including phenoxy) is 2. The smallest absolute Gasteiger partial charge is 0.231 e. The van der Waals surface area contributed by atoms with Crippen LogP contribution in [0.25, 0.3) is 0 Å². The highest BCUT2D eigenvalue weighted by Crippen LogP contribution is 2.36. The molecule has 1 N–H and O–H groups in total. The van der Waals surface area contributed by atoms with Crippen LogP contribution in [0.15, 0.2) is 71.3 Å². The molecule has 0 bridgehead atoms. The molecule has 0 fully saturated rings. The predicted molar refractivity (Wildman–Crippen MR) is 83.2 cm³/mol. The van der Waals surface area contributed by atoms with Gasteiger partial charge in [-0.2, -0.15) is 0 Å². The van der Waals surface area contributed by atoms with Gasteiger partial charge < -0.3 is 19.2 Å². The Morgan fingerprint density at radius 1 is 0.864 bits per heavy atom. The third-order valence-corrected chi connectivity index (χ3v) is 3.64. The Balaban J connectivity index is 1.67. The topological polar surface area (TPSA) is 43.6 Å². The van der Waals surface area contributed by atoms with Crippen molar-refractivity contribution in [3.05, 3.63) is 78.3 Å². The van der Waals surface area contributed by atoms with Crippen LogP contribution in [-0.2, 0) is 0 Å². The third-order valence-electron chi connectivity index (χ3n) is 3.64. The highest BCUT2D eigenvalue weighted by molar-refractivity contribution is 5.57. The normalized spacial score (nSPS) is 13.8. The van der Waals surface area contributed by atoms with Crippen molar-refractivity contribution in [3.8, 4) is 11.5 Å². The van der Waals surface area contributed by atoms with Gasteiger partial charge in [-0.3, -0.25) is 0 Å². The molecule has 1 aliphatic rings. The zero-order valence-electron chi connectivity index (χ0n) is 11.9. The van der Waals surface area contributed by atoms with E-state index in [2.05, 4.69) is 17.4 Å². The summed E-state index contributed by atoms with van der Waals surface area (Å²) in [6.45, 7) is 0.277. The molecule has 1 aromatic heterocycles. The second-order valence-electron chi connectivity index (χ2n) is 5.07. The van der Waals surface area contributed by atoms with Gasteiger partial charge in [0.25, 0.3) is 0 Å². The largest absolute Gasteiger partial charge is 0.467 e. The van der Waals surface area contributed by atoms with E-state index in [1.165, 1.54) is 0 Å². The number of rotatable bonds is 4. The van der Waals surface area contributed by atoms with Crippen LogP contribution in [0, 0.1) is 0 Å². The van der Waals surface area contributed by atoms with Gasteiger partial charge in [0.05, 0.1) is 6.26 Å². The molecular weight excluding hydrogens is 278 g/mol. The van der Waals surface area contributed by atoms with Gasteiger partial charge in [0.15, 0.2) is 11.5 Å². The average Bonchev–Trinajstić information content (AvgIpc) is 3.24. The van der Waals surface area contributed by atoms with Crippen LogP contribution in [0.2, 0.25) is 0 Å². The van der Waals surface area contributed by atoms with E-state index in [4.69, 9.17) is 13.9 Å². The molecule has 0 radical (unpaired) electrons. The molecular formula is C18H15NO3. The molecule has 22 heavy (non-hydrogen) atoms. The SMILES string of the molecule is c1ccc(C(Nc2ccc3c(c2)OCO3)c2ccco2)cc1. The first-order chi connectivity index (χ1) is 10.9. The fourth-order valence-corrected chi connectivity index (χ4v) is 2.57. The lowest BCUT2D eigenvalue weighted by atomic mass is 10.0. The number of furan rings is 1. The van der Waals surface area contributed by atoms with Crippen LogP contribution in [0.5, 0.6) is 11.5 Å². The summed E-state index contributed by atoms with van der Waals surface area (Å²) in [5, 5.41) is 3.50. The molecule has 4 rings (SSSR count). The molecule has 0 spiro atoms. The first kappa shape index (κ1) is 12.8. The van der Waals surface area contributed by atoms with Crippen molar-refractivity contribution in [3.63, 3.8) is 0 Å². The quantitative estimate of drug-likeness (QED) is 0.782. The molecule has 0 saturated carbocycles. The summed E-state index contributed by atoms with van der Waals surface area (Å²) >= 11 is 0. The molecule has 0 saturated heterocycles. The molecule has 1 aliphatic heterocycles. The van der Waals surface area contributed by atoms with E-state index in [0.717, 1.165) is 28.5 Å². The Hall–Kier alpha value is -2.88. The molecule has 2 aromatic carbocycles. The Bertz CT molecular complexity index is 753. The predicted octanol–water partition coefficient (Wildman–Crippen LogP) is 4.21. The van der Waals surface area contributed by atoms with E-state index in [1.54, 1.807) is 6.26 Å². The van der Waals surface area contributed by atoms with Crippen LogP contribution in [0.4, 0.5) is 5.69 Å². The van der Waals surface area contributed by atoms with E-state index < -0.39 is 0 Å². The van der Waals surface area contributed by atoms with Crippen LogP contribution in [-0.4, -0.2) is 6.79 Å². The van der Waals surface area contributed by atoms with E-state index in [-0.39, 0.29) is 12.8 Å². The lowest BCUT2D eigenvalue weighted by Gasteiger charge is -2.18. The maximum absolute atomic E-state index is 5.60. The minimum atomic E-state index is -0.0587. The fourth-order valence-electron chi connectivity index (χ4n) is 2.57. The maximum atomic E-state index is 5.60. The van der Waals surface area contributed by atoms with Crippen LogP contribution in [0.1, 0.15) is 17.4 Å². The van der Waals surface area contributed by atoms with Crippen molar-refractivity contribution >= 4 is 5.69 Å². The molecule has 1 unspecified atom stereocenters. The monoisotopic (exact) mass is 293 g/mol. The highest BCUT2D eigenvalue weighted by atomic mass is 16.7. The first-order valence-electron chi connectivity index (χ1n) is 7.15. The van der Waals surface area contributed by atoms with E-state index in [0.29, 0.717) is 0 Å². The Kier molecular flexibility index (Phi) is 3.20. The van der Waals surface area contributed by atoms with Crippen LogP contribution < -0.4 is 14.8 Å². The van der Waals surface area contributed by atoms with Gasteiger partial charge >= 0.3 is 0 Å². The van der Waals surface area contributed by atoms with E-state index >= 15 is 0 Å². The first-order valence-corrected chi connectivity index (χ1v) is 7.15. The fraction of sp³-hybridized carbons (Fsp3) is 0.111. The van der Waals surface area contributed by atoms with Gasteiger partial charge in [0.2, 0.25) is 6.79 Å². The minimum Gasteiger partial charge on any atom is -0.467 e. The highest BCUT2D eigenvalue weighted by Gasteiger charge is 2.19. The van der Waals surface area contributed by atoms with Gasteiger partial charge in [-0.1, -0.05) is 30.3 Å². The summed E-state index contributed by atoms with van der Waals surface area (Å²) < 4.78 is 16.4. The van der Waals surface area contributed by atoms with Crippen LogP contribution in [0.3, 0.4) is 0 Å². The van der Waals surface area contributed by atoms with Gasteiger partial charge in [-0.05, 0) is 29.8 Å². The van der Waals surface area contributed by atoms with Crippen LogP contribution >= 0.6 is 0 Å². The summed E-state index contributed by atoms with van der Waals surface area (Å²) in [6, 6.07) is 19.8. The zero-order chi connectivity index (χ0) is 14.8. The molecule has 110 valence electrons. The number of benzene rings is 2. The summed E-state index contributed by atoms with van der Waals surface area (Å²) in [5.74, 6) is 2.40. The van der Waals surface area contributed by atoms with Crippen molar-refractivity contribution in [1.82, 2.24) is 0 Å². The van der Waals surface area contributed by atoms with Crippen molar-refractivity contribution in [2.75, 3.05) is 12.1 Å². The third kappa shape index (κ3) is 2.39. The molecule has 2 heterocycles. The molecule has 4 nitrogen and oxygen atoms in total. The molecule has 0 aliphatic carbocycles. The lowest BCUT2D eigenvalue weighted by Crippen LogP contribution is -2.11. The average molecular weight is 293 g/mol. The van der Waals surface area contributed by atoms with Crippen molar-refractivity contribution in [2.24, 2.45) is 0 Å². The lowest BCUT2D eigenvalue weighted by molar-refractivity contribution is 0.174. The number of fused-ring (bicyclic) bond motifs is 1. The van der Waals surface area contributed by atoms with Gasteiger partial charge in [-0.25, -0.2) is 0 Å². The Morgan fingerprint density at radius 3 is 2.55 bits per heavy atom. The van der Waals surface area contributed by atoms with E-state index in [9.17, 15) is 0 Å². The molecule has 0 amide bonds. The standard InChI is InChI=1S/C18H15NO3/c1-2-5-13(6-3-1)18(16-7-4-10-20-16)19-14-8-9-15-17(11-14)22-12-21-15/h1-11,18-19H,12H2. The van der Waals surface area contributed by atoms with Gasteiger partial charge in [0, 0.05) is 11.8 Å². The van der Waals surface area contributed by atoms with Gasteiger partial charge in [-0.15, -0.1) is 0 Å². The number of hydrogen-bond acceptors (Lipinski definition) is 4. The molecule has 1 atom stereocenters. The summed E-state index contributed by atoms with van der Waals surface area (Å²) in [4.78, 5) is 0. The molecule has 4 heteroatoms. The van der Waals surface area contributed by atoms with Crippen molar-refractivity contribution in [1.29, 1.82) is 0 Å². The second kappa shape index (κ2) is 5.48. The number of nitrogens with one attached hydrogen (secondary N) is 1. The summed E-state index contributed by atoms with van der Waals surface area (Å²) in [7, 11) is 0. The summed E-state index contributed by atoms with van der Waals surface area (Å²) in [6.07, 6.45) is 1.69. The number of hydrogen-bond donors (Lipinski definition) is 1. The second-order valence-corrected chi connectivity index (χ2v) is 5.07. The minimum absolute atomic E-state index is 0.0587. The van der Waals surface area contributed by atoms with Gasteiger partial charge in [0.1, 0.15) is 11.8 Å².